The molecule has 2 saturated carbocycles. The Labute approximate surface area is 219 Å². The molecule has 7 rings (SSSR count). The average molecular weight is 497 g/mol. The van der Waals surface area contributed by atoms with Crippen molar-refractivity contribution in [1.29, 1.82) is 0 Å². The van der Waals surface area contributed by atoms with Crippen LogP contribution in [-0.2, 0) is 16.6 Å². The van der Waals surface area contributed by atoms with Gasteiger partial charge in [0.15, 0.2) is 11.5 Å². The normalized spacial score (nSPS) is 33.1. The highest BCUT2D eigenvalue weighted by Gasteiger charge is 2.71. The minimum atomic E-state index is -0.194. The van der Waals surface area contributed by atoms with Crippen LogP contribution in [0.3, 0.4) is 0 Å². The SMILES string of the molecule is Cc1cccc(C#CC(=O)N(C)[C@H]2CC[C@@]3(C)[C@H]4Cc5ccc(O)c6c5[C@@]3(CCN4CC3CC3)[C@H]2O6)c1. The number of rotatable bonds is 3. The smallest absolute Gasteiger partial charge is 0.298 e. The van der Waals surface area contributed by atoms with Crippen LogP contribution in [0, 0.1) is 30.1 Å². The highest BCUT2D eigenvalue weighted by atomic mass is 16.5. The van der Waals surface area contributed by atoms with Gasteiger partial charge in [-0.3, -0.25) is 9.69 Å². The van der Waals surface area contributed by atoms with Gasteiger partial charge in [0.25, 0.3) is 5.91 Å². The molecule has 5 nitrogen and oxygen atoms in total. The fourth-order valence-electron chi connectivity index (χ4n) is 8.39. The van der Waals surface area contributed by atoms with Crippen molar-refractivity contribution >= 4 is 5.91 Å². The Balaban J connectivity index is 1.26. The van der Waals surface area contributed by atoms with E-state index in [1.165, 1.54) is 30.5 Å². The van der Waals surface area contributed by atoms with Crippen molar-refractivity contribution < 1.29 is 14.6 Å². The lowest BCUT2D eigenvalue weighted by Crippen LogP contribution is -2.73. The number of nitrogens with zero attached hydrogens (tertiary/aromatic N) is 2. The number of phenolic OH excluding ortho intramolecular Hbond substituents is 1. The van der Waals surface area contributed by atoms with E-state index in [9.17, 15) is 9.90 Å². The lowest BCUT2D eigenvalue weighted by atomic mass is 9.43. The van der Waals surface area contributed by atoms with Gasteiger partial charge >= 0.3 is 0 Å². The Bertz CT molecular complexity index is 1350. The van der Waals surface area contributed by atoms with Crippen molar-refractivity contribution in [2.45, 2.75) is 76.0 Å². The van der Waals surface area contributed by atoms with Gasteiger partial charge in [0.2, 0.25) is 0 Å². The molecule has 2 aromatic carbocycles. The molecule has 0 radical (unpaired) electrons. The first-order valence-corrected chi connectivity index (χ1v) is 13.9. The van der Waals surface area contributed by atoms with Gasteiger partial charge in [0.05, 0.1) is 6.04 Å². The summed E-state index contributed by atoms with van der Waals surface area (Å²) in [5.41, 5.74) is 4.40. The second kappa shape index (κ2) is 8.01. The summed E-state index contributed by atoms with van der Waals surface area (Å²) in [6.45, 7) is 6.77. The van der Waals surface area contributed by atoms with E-state index in [1.807, 2.05) is 49.2 Å². The number of hydrogen-bond acceptors (Lipinski definition) is 4. The summed E-state index contributed by atoms with van der Waals surface area (Å²) < 4.78 is 6.76. The molecule has 2 aliphatic heterocycles. The third kappa shape index (κ3) is 3.24. The second-order valence-corrected chi connectivity index (χ2v) is 12.4. The molecule has 1 amide bonds. The summed E-state index contributed by atoms with van der Waals surface area (Å²) in [6.07, 6.45) is 6.51. The number of amides is 1. The number of likely N-dealkylation sites (tertiary alicyclic amines) is 1. The summed E-state index contributed by atoms with van der Waals surface area (Å²) in [5.74, 6) is 7.55. The monoisotopic (exact) mass is 496 g/mol. The van der Waals surface area contributed by atoms with Crippen LogP contribution in [0.2, 0.25) is 0 Å². The molecule has 1 saturated heterocycles. The van der Waals surface area contributed by atoms with E-state index < -0.39 is 0 Å². The Morgan fingerprint density at radius 2 is 2.05 bits per heavy atom. The maximum absolute atomic E-state index is 13.4. The molecule has 2 bridgehead atoms. The minimum Gasteiger partial charge on any atom is -0.504 e. The Morgan fingerprint density at radius 1 is 1.22 bits per heavy atom. The van der Waals surface area contributed by atoms with E-state index in [2.05, 4.69) is 29.7 Å². The summed E-state index contributed by atoms with van der Waals surface area (Å²) >= 11 is 0. The van der Waals surface area contributed by atoms with Crippen LogP contribution in [-0.4, -0.2) is 59.1 Å². The van der Waals surface area contributed by atoms with Crippen LogP contribution in [0.15, 0.2) is 36.4 Å². The zero-order chi connectivity index (χ0) is 25.5. The van der Waals surface area contributed by atoms with E-state index in [0.717, 1.165) is 49.3 Å². The van der Waals surface area contributed by atoms with E-state index in [-0.39, 0.29) is 34.6 Å². The molecule has 1 spiro atoms. The number of aromatic hydroxyl groups is 1. The molecule has 192 valence electrons. The summed E-state index contributed by atoms with van der Waals surface area (Å²) in [6, 6.07) is 12.3. The van der Waals surface area contributed by atoms with Crippen molar-refractivity contribution in [3.8, 4) is 23.3 Å². The van der Waals surface area contributed by atoms with Crippen molar-refractivity contribution in [2.75, 3.05) is 20.1 Å². The van der Waals surface area contributed by atoms with E-state index in [4.69, 9.17) is 4.74 Å². The number of likely N-dealkylation sites (N-methyl/N-ethyl adjacent to an activating group) is 1. The Hall–Kier alpha value is -2.97. The maximum Gasteiger partial charge on any atom is 0.298 e. The fourth-order valence-corrected chi connectivity index (χ4v) is 8.39. The van der Waals surface area contributed by atoms with Gasteiger partial charge in [-0.15, -0.1) is 0 Å². The van der Waals surface area contributed by atoms with Crippen molar-refractivity contribution in [1.82, 2.24) is 9.80 Å². The maximum atomic E-state index is 13.4. The van der Waals surface area contributed by atoms with Crippen molar-refractivity contribution in [3.05, 3.63) is 58.7 Å². The molecule has 2 aromatic rings. The van der Waals surface area contributed by atoms with Crippen molar-refractivity contribution in [3.63, 3.8) is 0 Å². The van der Waals surface area contributed by atoms with E-state index in [0.29, 0.717) is 11.8 Å². The molecule has 37 heavy (non-hydrogen) atoms. The zero-order valence-electron chi connectivity index (χ0n) is 22.1. The molecule has 3 fully saturated rings. The first-order chi connectivity index (χ1) is 17.8. The summed E-state index contributed by atoms with van der Waals surface area (Å²) in [5, 5.41) is 10.9. The second-order valence-electron chi connectivity index (χ2n) is 12.4. The van der Waals surface area contributed by atoms with Crippen LogP contribution >= 0.6 is 0 Å². The van der Waals surface area contributed by atoms with Crippen LogP contribution < -0.4 is 4.74 Å². The molecule has 5 heteroatoms. The first-order valence-electron chi connectivity index (χ1n) is 13.9. The molecule has 3 aliphatic carbocycles. The molecular weight excluding hydrogens is 460 g/mol. The number of carbonyl (C=O) groups excluding carboxylic acids is 1. The predicted molar refractivity (Wildman–Crippen MR) is 143 cm³/mol. The van der Waals surface area contributed by atoms with Gasteiger partial charge in [-0.05, 0) is 92.7 Å². The average Bonchev–Trinajstić information content (AvgIpc) is 3.62. The molecule has 5 atom stereocenters. The predicted octanol–water partition coefficient (Wildman–Crippen LogP) is 4.42. The number of hydrogen-bond donors (Lipinski definition) is 1. The van der Waals surface area contributed by atoms with Gasteiger partial charge in [-0.25, -0.2) is 0 Å². The standard InChI is InChI=1S/C32H36N2O3/c1-20-5-4-6-21(17-20)9-12-27(36)33(3)24-13-14-31(2)26-18-23-10-11-25(35)29-28(23)32(31,30(24)37-29)15-16-34(26)19-22-7-8-22/h4-6,10-11,17,22,24,26,30,35H,7-8,13-16,18-19H2,1-3H3/t24-,26+,30-,31-,32-/m0/s1. The molecule has 0 unspecified atom stereocenters. The number of aryl methyl sites for hydroxylation is 1. The summed E-state index contributed by atoms with van der Waals surface area (Å²) in [7, 11) is 1.88. The van der Waals surface area contributed by atoms with Crippen molar-refractivity contribution in [2.24, 2.45) is 11.3 Å². The lowest BCUT2D eigenvalue weighted by molar-refractivity contribution is -0.150. The van der Waals surface area contributed by atoms with Crippen LogP contribution in [0.4, 0.5) is 0 Å². The first kappa shape index (κ1) is 23.2. The third-order valence-corrected chi connectivity index (χ3v) is 10.5. The largest absolute Gasteiger partial charge is 0.504 e. The highest BCUT2D eigenvalue weighted by Crippen LogP contribution is 2.69. The topological polar surface area (TPSA) is 53.0 Å². The van der Waals surface area contributed by atoms with Gasteiger partial charge in [0.1, 0.15) is 6.10 Å². The number of ether oxygens (including phenoxy) is 1. The minimum absolute atomic E-state index is 0.0461. The number of carbonyl (C=O) groups is 1. The van der Waals surface area contributed by atoms with Crippen LogP contribution in [0.25, 0.3) is 0 Å². The highest BCUT2D eigenvalue weighted by molar-refractivity contribution is 5.94. The van der Waals surface area contributed by atoms with Crippen LogP contribution in [0.5, 0.6) is 11.5 Å². The fraction of sp³-hybridized carbons (Fsp3) is 0.531. The molecule has 0 aromatic heterocycles. The van der Waals surface area contributed by atoms with Gasteiger partial charge in [-0.1, -0.05) is 31.0 Å². The molecule has 1 N–H and O–H groups in total. The van der Waals surface area contributed by atoms with Gasteiger partial charge in [0, 0.05) is 42.1 Å². The van der Waals surface area contributed by atoms with Gasteiger partial charge in [-0.2, -0.15) is 0 Å². The van der Waals surface area contributed by atoms with E-state index in [1.54, 1.807) is 0 Å². The molecule has 5 aliphatic rings. The zero-order valence-corrected chi connectivity index (χ0v) is 22.1. The van der Waals surface area contributed by atoms with Crippen LogP contribution in [0.1, 0.15) is 61.3 Å². The van der Waals surface area contributed by atoms with E-state index >= 15 is 0 Å². The molecular formula is C32H36N2O3. The lowest BCUT2D eigenvalue weighted by Gasteiger charge is -2.66. The Kier molecular flexibility index (Phi) is 5.02. The Morgan fingerprint density at radius 3 is 2.84 bits per heavy atom. The third-order valence-electron chi connectivity index (χ3n) is 10.5. The quantitative estimate of drug-likeness (QED) is 0.640. The number of benzene rings is 2. The number of piperidine rings is 1. The number of phenols is 1. The summed E-state index contributed by atoms with van der Waals surface area (Å²) in [4.78, 5) is 18.0. The molecule has 2 heterocycles. The van der Waals surface area contributed by atoms with Gasteiger partial charge < -0.3 is 14.7 Å².